The number of alkyl halides is 2. The summed E-state index contributed by atoms with van der Waals surface area (Å²) in [4.78, 5) is 12.0. The maximum Gasteiger partial charge on any atom is 0.387 e. The highest BCUT2D eigenvalue weighted by atomic mass is 35.5. The highest BCUT2D eigenvalue weighted by Gasteiger charge is 2.22. The van der Waals surface area contributed by atoms with E-state index in [1.54, 1.807) is 19.1 Å². The molecule has 1 heterocycles. The van der Waals surface area contributed by atoms with Gasteiger partial charge in [0.05, 0.1) is 19.3 Å². The van der Waals surface area contributed by atoms with E-state index in [0.717, 1.165) is 0 Å². The van der Waals surface area contributed by atoms with Gasteiger partial charge < -0.3 is 20.1 Å². The molecule has 1 aromatic rings. The average Bonchev–Trinajstić information content (AvgIpc) is 2.47. The molecular weight excluding hydrogens is 318 g/mol. The zero-order valence-corrected chi connectivity index (χ0v) is 12.9. The van der Waals surface area contributed by atoms with Gasteiger partial charge in [0.2, 0.25) is 5.91 Å². The maximum absolute atomic E-state index is 12.2. The summed E-state index contributed by atoms with van der Waals surface area (Å²) < 4.78 is 34.0. The first-order chi connectivity index (χ1) is 10.1. The Morgan fingerprint density at radius 2 is 2.27 bits per heavy atom. The van der Waals surface area contributed by atoms with E-state index in [1.807, 2.05) is 0 Å². The van der Waals surface area contributed by atoms with Crippen molar-refractivity contribution in [2.45, 2.75) is 25.6 Å². The molecule has 1 aliphatic heterocycles. The van der Waals surface area contributed by atoms with Gasteiger partial charge in [-0.25, -0.2) is 0 Å². The molecule has 1 aromatic carbocycles. The molecule has 1 saturated heterocycles. The van der Waals surface area contributed by atoms with Crippen LogP contribution >= 0.6 is 12.4 Å². The second-order valence-corrected chi connectivity index (χ2v) is 4.76. The van der Waals surface area contributed by atoms with Crippen LogP contribution in [-0.4, -0.2) is 38.3 Å². The van der Waals surface area contributed by atoms with Gasteiger partial charge in [-0.2, -0.15) is 8.78 Å². The summed E-state index contributed by atoms with van der Waals surface area (Å²) in [6.45, 7) is 0.459. The van der Waals surface area contributed by atoms with Gasteiger partial charge in [-0.1, -0.05) is 12.1 Å². The molecule has 0 radical (unpaired) electrons. The molecule has 1 aliphatic rings. The fraction of sp³-hybridized carbons (Fsp3) is 0.500. The number of amides is 1. The Kier molecular flexibility index (Phi) is 7.50. The van der Waals surface area contributed by atoms with Gasteiger partial charge in [-0.15, -0.1) is 12.4 Å². The van der Waals surface area contributed by atoms with Crippen molar-refractivity contribution in [3.63, 3.8) is 0 Å². The van der Waals surface area contributed by atoms with E-state index in [1.165, 1.54) is 12.1 Å². The number of morpholine rings is 1. The summed E-state index contributed by atoms with van der Waals surface area (Å²) in [5.74, 6) is -0.106. The second kappa shape index (κ2) is 8.87. The Labute approximate surface area is 133 Å². The minimum atomic E-state index is -2.87. The Balaban J connectivity index is 0.00000242. The van der Waals surface area contributed by atoms with Crippen molar-refractivity contribution in [3.8, 4) is 5.75 Å². The number of benzene rings is 1. The topological polar surface area (TPSA) is 59.6 Å². The standard InChI is InChI=1S/C14H18F2N2O3.ClH/c1-9(18-13(19)12-8-20-6-5-17-12)10-3-2-4-11(7-10)21-14(15)16;/h2-4,7,9,12,14,17H,5-6,8H2,1H3,(H,18,19);1H. The summed E-state index contributed by atoms with van der Waals surface area (Å²) >= 11 is 0. The SMILES string of the molecule is CC(NC(=O)C1COCCN1)c1cccc(OC(F)F)c1.Cl. The van der Waals surface area contributed by atoms with Gasteiger partial charge in [0.15, 0.2) is 0 Å². The van der Waals surface area contributed by atoms with Gasteiger partial charge in [0.1, 0.15) is 11.8 Å². The molecule has 2 rings (SSSR count). The lowest BCUT2D eigenvalue weighted by Crippen LogP contribution is -2.51. The number of hydrogen-bond acceptors (Lipinski definition) is 4. The van der Waals surface area contributed by atoms with Crippen LogP contribution in [0.5, 0.6) is 5.75 Å². The van der Waals surface area contributed by atoms with Crippen LogP contribution in [0.3, 0.4) is 0 Å². The Morgan fingerprint density at radius 3 is 2.91 bits per heavy atom. The molecule has 0 saturated carbocycles. The minimum absolute atomic E-state index is 0. The number of halogens is 3. The Bertz CT molecular complexity index is 485. The van der Waals surface area contributed by atoms with Crippen LogP contribution in [0.1, 0.15) is 18.5 Å². The first-order valence-electron chi connectivity index (χ1n) is 6.72. The predicted octanol–water partition coefficient (Wildman–Crippen LogP) is 1.88. The first kappa shape index (κ1) is 18.6. The molecule has 8 heteroatoms. The van der Waals surface area contributed by atoms with Crippen LogP contribution in [0.2, 0.25) is 0 Å². The maximum atomic E-state index is 12.2. The summed E-state index contributed by atoms with van der Waals surface area (Å²) in [6.07, 6.45) is 0. The molecule has 2 atom stereocenters. The van der Waals surface area contributed by atoms with Crippen molar-refractivity contribution in [1.29, 1.82) is 0 Å². The van der Waals surface area contributed by atoms with Crippen LogP contribution in [0, 0.1) is 0 Å². The molecule has 2 unspecified atom stereocenters. The van der Waals surface area contributed by atoms with Gasteiger partial charge in [0, 0.05) is 6.54 Å². The van der Waals surface area contributed by atoms with Crippen LogP contribution in [0.4, 0.5) is 8.78 Å². The van der Waals surface area contributed by atoms with Crippen LogP contribution in [-0.2, 0) is 9.53 Å². The molecule has 124 valence electrons. The lowest BCUT2D eigenvalue weighted by atomic mass is 10.1. The quantitative estimate of drug-likeness (QED) is 0.862. The summed E-state index contributed by atoms with van der Waals surface area (Å²) in [5.41, 5.74) is 0.693. The predicted molar refractivity (Wildman–Crippen MR) is 79.5 cm³/mol. The molecule has 0 aliphatic carbocycles. The summed E-state index contributed by atoms with van der Waals surface area (Å²) in [6, 6.07) is 5.58. The molecule has 2 N–H and O–H groups in total. The third kappa shape index (κ3) is 5.40. The van der Waals surface area contributed by atoms with E-state index in [9.17, 15) is 13.6 Å². The fourth-order valence-corrected chi connectivity index (χ4v) is 2.09. The Morgan fingerprint density at radius 1 is 1.50 bits per heavy atom. The molecule has 5 nitrogen and oxygen atoms in total. The summed E-state index contributed by atoms with van der Waals surface area (Å²) in [7, 11) is 0. The normalized spacial score (nSPS) is 19.2. The smallest absolute Gasteiger partial charge is 0.387 e. The molecule has 0 bridgehead atoms. The van der Waals surface area contributed by atoms with Crippen molar-refractivity contribution >= 4 is 18.3 Å². The largest absolute Gasteiger partial charge is 0.435 e. The summed E-state index contributed by atoms with van der Waals surface area (Å²) in [5, 5.41) is 5.87. The molecule has 0 aromatic heterocycles. The molecule has 0 spiro atoms. The molecule has 1 amide bonds. The monoisotopic (exact) mass is 336 g/mol. The lowest BCUT2D eigenvalue weighted by molar-refractivity contribution is -0.126. The van der Waals surface area contributed by atoms with E-state index in [0.29, 0.717) is 25.3 Å². The number of carbonyl (C=O) groups is 1. The zero-order valence-electron chi connectivity index (χ0n) is 12.1. The van der Waals surface area contributed by atoms with Crippen molar-refractivity contribution < 1.29 is 23.0 Å². The van der Waals surface area contributed by atoms with Crippen molar-refractivity contribution in [3.05, 3.63) is 29.8 Å². The van der Waals surface area contributed by atoms with E-state index in [-0.39, 0.29) is 36.1 Å². The highest BCUT2D eigenvalue weighted by molar-refractivity contribution is 5.85. The van der Waals surface area contributed by atoms with Gasteiger partial charge >= 0.3 is 6.61 Å². The number of hydrogen-bond donors (Lipinski definition) is 2. The zero-order chi connectivity index (χ0) is 15.2. The first-order valence-corrected chi connectivity index (χ1v) is 6.72. The fourth-order valence-electron chi connectivity index (χ4n) is 2.09. The van der Waals surface area contributed by atoms with Gasteiger partial charge in [-0.05, 0) is 24.6 Å². The van der Waals surface area contributed by atoms with Crippen molar-refractivity contribution in [1.82, 2.24) is 10.6 Å². The molecule has 1 fully saturated rings. The number of carbonyl (C=O) groups excluding carboxylic acids is 1. The number of nitrogens with one attached hydrogen (secondary N) is 2. The van der Waals surface area contributed by atoms with E-state index in [4.69, 9.17) is 4.74 Å². The average molecular weight is 337 g/mol. The van der Waals surface area contributed by atoms with E-state index in [2.05, 4.69) is 15.4 Å². The van der Waals surface area contributed by atoms with Crippen molar-refractivity contribution in [2.75, 3.05) is 19.8 Å². The van der Waals surface area contributed by atoms with Gasteiger partial charge in [0.25, 0.3) is 0 Å². The van der Waals surface area contributed by atoms with Crippen molar-refractivity contribution in [2.24, 2.45) is 0 Å². The highest BCUT2D eigenvalue weighted by Crippen LogP contribution is 2.20. The van der Waals surface area contributed by atoms with E-state index < -0.39 is 6.61 Å². The minimum Gasteiger partial charge on any atom is -0.435 e. The number of rotatable bonds is 5. The van der Waals surface area contributed by atoms with Gasteiger partial charge in [-0.3, -0.25) is 4.79 Å². The van der Waals surface area contributed by atoms with Crippen LogP contribution < -0.4 is 15.4 Å². The molecule has 22 heavy (non-hydrogen) atoms. The Hall–Kier alpha value is -1.44. The van der Waals surface area contributed by atoms with Crippen LogP contribution in [0.15, 0.2) is 24.3 Å². The van der Waals surface area contributed by atoms with E-state index >= 15 is 0 Å². The second-order valence-electron chi connectivity index (χ2n) is 4.76. The van der Waals surface area contributed by atoms with Crippen LogP contribution in [0.25, 0.3) is 0 Å². The lowest BCUT2D eigenvalue weighted by Gasteiger charge is -2.25. The third-order valence-electron chi connectivity index (χ3n) is 3.18. The number of ether oxygens (including phenoxy) is 2. The third-order valence-corrected chi connectivity index (χ3v) is 3.18. The molecular formula is C14H19ClF2N2O3.